The number of primary amides is 1. The summed E-state index contributed by atoms with van der Waals surface area (Å²) in [5.41, 5.74) is 10.7. The molecule has 3 N–H and O–H groups in total. The number of aromatic nitrogens is 2. The SMILES string of the molecule is Cc1noc(C)c1-c1cc(C(N)=O)c2c3ccc(C(C)(C)O)cc3n(CC3CCOCC3)c2c1. The van der Waals surface area contributed by atoms with Gasteiger partial charge in [0.2, 0.25) is 5.91 Å². The number of carbonyl (C=O) groups excluding carboxylic acids is 1. The number of aliphatic hydroxyl groups is 1. The summed E-state index contributed by atoms with van der Waals surface area (Å²) in [5.74, 6) is 0.678. The highest BCUT2D eigenvalue weighted by Gasteiger charge is 2.25. The second-order valence-corrected chi connectivity index (χ2v) is 9.94. The standard InChI is InChI=1S/C27H31N3O4/c1-15-24(16(2)34-29-15)18-11-21(26(28)31)25-20-6-5-19(27(3,4)32)13-22(20)30(23(25)12-18)14-17-7-9-33-10-8-17/h5-6,11-13,17,32H,7-10,14H2,1-4H3,(H2,28,31). The van der Waals surface area contributed by atoms with Gasteiger partial charge in [-0.1, -0.05) is 17.3 Å². The first-order valence-electron chi connectivity index (χ1n) is 11.8. The summed E-state index contributed by atoms with van der Waals surface area (Å²) in [6.07, 6.45) is 1.97. The maximum absolute atomic E-state index is 12.7. The van der Waals surface area contributed by atoms with Crippen LogP contribution in [0.3, 0.4) is 0 Å². The van der Waals surface area contributed by atoms with E-state index in [1.165, 1.54) is 0 Å². The Morgan fingerprint density at radius 2 is 1.91 bits per heavy atom. The summed E-state index contributed by atoms with van der Waals surface area (Å²) in [4.78, 5) is 12.7. The van der Waals surface area contributed by atoms with Crippen LogP contribution in [0.4, 0.5) is 0 Å². The van der Waals surface area contributed by atoms with Gasteiger partial charge in [0, 0.05) is 47.2 Å². The molecular formula is C27H31N3O4. The van der Waals surface area contributed by atoms with E-state index >= 15 is 0 Å². The zero-order valence-corrected chi connectivity index (χ0v) is 20.1. The van der Waals surface area contributed by atoms with Gasteiger partial charge in [0.15, 0.2) is 0 Å². The minimum atomic E-state index is -0.984. The van der Waals surface area contributed by atoms with E-state index in [1.807, 2.05) is 38.1 Å². The number of fused-ring (bicyclic) bond motifs is 3. The lowest BCUT2D eigenvalue weighted by Gasteiger charge is -2.24. The van der Waals surface area contributed by atoms with Crippen molar-refractivity contribution in [2.75, 3.05) is 13.2 Å². The van der Waals surface area contributed by atoms with Crippen LogP contribution in [-0.4, -0.2) is 34.0 Å². The normalized spacial score (nSPS) is 15.4. The number of aryl methyl sites for hydroxylation is 2. The minimum absolute atomic E-state index is 0.457. The summed E-state index contributed by atoms with van der Waals surface area (Å²) < 4.78 is 13.3. The zero-order chi connectivity index (χ0) is 24.2. The fourth-order valence-corrected chi connectivity index (χ4v) is 5.22. The Balaban J connectivity index is 1.85. The topological polar surface area (TPSA) is 104 Å². The second kappa shape index (κ2) is 8.25. The van der Waals surface area contributed by atoms with Gasteiger partial charge in [-0.2, -0.15) is 0 Å². The van der Waals surface area contributed by atoms with Gasteiger partial charge in [0.25, 0.3) is 0 Å². The summed E-state index contributed by atoms with van der Waals surface area (Å²) in [6, 6.07) is 9.91. The molecule has 7 nitrogen and oxygen atoms in total. The number of nitrogens with zero attached hydrogens (tertiary/aromatic N) is 2. The van der Waals surface area contributed by atoms with Crippen LogP contribution in [0.2, 0.25) is 0 Å². The van der Waals surface area contributed by atoms with Crippen LogP contribution < -0.4 is 5.73 Å². The highest BCUT2D eigenvalue weighted by molar-refractivity contribution is 6.19. The van der Waals surface area contributed by atoms with Gasteiger partial charge >= 0.3 is 0 Å². The first-order valence-corrected chi connectivity index (χ1v) is 11.8. The van der Waals surface area contributed by atoms with Gasteiger partial charge in [-0.15, -0.1) is 0 Å². The van der Waals surface area contributed by atoms with E-state index in [1.54, 1.807) is 13.8 Å². The molecular weight excluding hydrogens is 430 g/mol. The van der Waals surface area contributed by atoms with Crippen molar-refractivity contribution in [1.29, 1.82) is 0 Å². The fraction of sp³-hybridized carbons (Fsp3) is 0.407. The van der Waals surface area contributed by atoms with Crippen LogP contribution in [0.1, 0.15) is 54.1 Å². The average molecular weight is 462 g/mol. The van der Waals surface area contributed by atoms with Crippen molar-refractivity contribution in [3.05, 3.63) is 52.9 Å². The molecule has 0 saturated carbocycles. The van der Waals surface area contributed by atoms with Crippen LogP contribution >= 0.6 is 0 Å². The zero-order valence-electron chi connectivity index (χ0n) is 20.1. The molecule has 178 valence electrons. The molecule has 0 atom stereocenters. The lowest BCUT2D eigenvalue weighted by molar-refractivity contribution is 0.0619. The Kier molecular flexibility index (Phi) is 5.49. The van der Waals surface area contributed by atoms with E-state index in [9.17, 15) is 9.90 Å². The Labute approximate surface area is 198 Å². The molecule has 0 aliphatic carbocycles. The monoisotopic (exact) mass is 461 g/mol. The predicted octanol–water partition coefficient (Wildman–Crippen LogP) is 4.82. The molecule has 0 spiro atoms. The smallest absolute Gasteiger partial charge is 0.249 e. The third-order valence-electron chi connectivity index (χ3n) is 7.04. The number of amides is 1. The molecule has 3 heterocycles. The van der Waals surface area contributed by atoms with Gasteiger partial charge < -0.3 is 24.7 Å². The number of rotatable bonds is 5. The molecule has 2 aromatic carbocycles. The van der Waals surface area contributed by atoms with Gasteiger partial charge in [0.05, 0.1) is 16.8 Å². The average Bonchev–Trinajstić information content (AvgIpc) is 3.29. The summed E-state index contributed by atoms with van der Waals surface area (Å²) >= 11 is 0. The van der Waals surface area contributed by atoms with Crippen molar-refractivity contribution in [2.45, 2.75) is 52.7 Å². The Bertz CT molecular complexity index is 1380. The molecule has 5 rings (SSSR count). The number of carbonyl (C=O) groups is 1. The Morgan fingerprint density at radius 1 is 1.18 bits per heavy atom. The van der Waals surface area contributed by atoms with Gasteiger partial charge in [-0.05, 0) is 75.8 Å². The van der Waals surface area contributed by atoms with Gasteiger partial charge in [-0.25, -0.2) is 0 Å². The van der Waals surface area contributed by atoms with Crippen molar-refractivity contribution >= 4 is 27.7 Å². The number of hydrogen-bond donors (Lipinski definition) is 2. The predicted molar refractivity (Wildman–Crippen MR) is 132 cm³/mol. The van der Waals surface area contributed by atoms with E-state index in [0.29, 0.717) is 17.2 Å². The largest absolute Gasteiger partial charge is 0.386 e. The molecule has 1 fully saturated rings. The fourth-order valence-electron chi connectivity index (χ4n) is 5.22. The molecule has 1 aliphatic heterocycles. The molecule has 1 aliphatic rings. The molecule has 0 radical (unpaired) electrons. The van der Waals surface area contributed by atoms with Crippen molar-refractivity contribution < 1.29 is 19.2 Å². The number of nitrogens with two attached hydrogens (primary N) is 1. The summed E-state index contributed by atoms with van der Waals surface area (Å²) in [5, 5.41) is 16.6. The maximum Gasteiger partial charge on any atom is 0.249 e. The summed E-state index contributed by atoms with van der Waals surface area (Å²) in [7, 11) is 0. The van der Waals surface area contributed by atoms with Gasteiger partial charge in [-0.3, -0.25) is 4.79 Å². The van der Waals surface area contributed by atoms with E-state index in [2.05, 4.69) is 15.8 Å². The van der Waals surface area contributed by atoms with Crippen molar-refractivity contribution in [3.8, 4) is 11.1 Å². The summed E-state index contributed by atoms with van der Waals surface area (Å²) in [6.45, 7) is 9.64. The number of hydrogen-bond acceptors (Lipinski definition) is 5. The van der Waals surface area contributed by atoms with E-state index < -0.39 is 11.5 Å². The van der Waals surface area contributed by atoms with E-state index in [0.717, 1.165) is 76.8 Å². The first-order chi connectivity index (χ1) is 16.1. The van der Waals surface area contributed by atoms with Crippen LogP contribution in [0.25, 0.3) is 32.9 Å². The lowest BCUT2D eigenvalue weighted by atomic mass is 9.95. The van der Waals surface area contributed by atoms with Crippen molar-refractivity contribution in [3.63, 3.8) is 0 Å². The van der Waals surface area contributed by atoms with Gasteiger partial charge in [0.1, 0.15) is 5.76 Å². The third-order valence-corrected chi connectivity index (χ3v) is 7.04. The molecule has 7 heteroatoms. The van der Waals surface area contributed by atoms with Crippen LogP contribution in [0.5, 0.6) is 0 Å². The van der Waals surface area contributed by atoms with Crippen molar-refractivity contribution in [1.82, 2.24) is 9.72 Å². The third kappa shape index (κ3) is 3.79. The molecule has 0 bridgehead atoms. The Hall–Kier alpha value is -3.16. The maximum atomic E-state index is 12.7. The van der Waals surface area contributed by atoms with E-state index in [4.69, 9.17) is 15.0 Å². The molecule has 0 unspecified atom stereocenters. The van der Waals surface area contributed by atoms with Crippen molar-refractivity contribution in [2.24, 2.45) is 11.7 Å². The van der Waals surface area contributed by atoms with E-state index in [-0.39, 0.29) is 0 Å². The Morgan fingerprint density at radius 3 is 2.53 bits per heavy atom. The number of ether oxygens (including phenoxy) is 1. The second-order valence-electron chi connectivity index (χ2n) is 9.94. The molecule has 4 aromatic rings. The highest BCUT2D eigenvalue weighted by Crippen LogP contribution is 2.39. The molecule has 34 heavy (non-hydrogen) atoms. The molecule has 1 amide bonds. The molecule has 1 saturated heterocycles. The van der Waals surface area contributed by atoms with Crippen LogP contribution in [0, 0.1) is 19.8 Å². The lowest BCUT2D eigenvalue weighted by Crippen LogP contribution is -2.20. The first kappa shape index (κ1) is 22.6. The molecule has 2 aromatic heterocycles. The quantitative estimate of drug-likeness (QED) is 0.443. The minimum Gasteiger partial charge on any atom is -0.386 e. The van der Waals surface area contributed by atoms with Crippen LogP contribution in [-0.2, 0) is 16.9 Å². The number of benzene rings is 2. The van der Waals surface area contributed by atoms with Crippen LogP contribution in [0.15, 0.2) is 34.9 Å². The highest BCUT2D eigenvalue weighted by atomic mass is 16.5.